The fourth-order valence-corrected chi connectivity index (χ4v) is 2.59. The molecule has 26 heavy (non-hydrogen) atoms. The van der Waals surface area contributed by atoms with Crippen LogP contribution in [-0.2, 0) is 10.3 Å². The van der Waals surface area contributed by atoms with Crippen LogP contribution in [0.15, 0.2) is 27.8 Å². The molecule has 0 bridgehead atoms. The number of hydrogen-bond donors (Lipinski definition) is 0. The minimum atomic E-state index is -0.622. The summed E-state index contributed by atoms with van der Waals surface area (Å²) in [6.45, 7) is 7.74. The first-order chi connectivity index (χ1) is 12.3. The van der Waals surface area contributed by atoms with Gasteiger partial charge < -0.3 is 18.7 Å². The molecular weight excluding hydrogens is 338 g/mol. The zero-order chi connectivity index (χ0) is 18.9. The number of carbonyl (C=O) groups is 1. The van der Waals surface area contributed by atoms with Crippen molar-refractivity contribution in [1.29, 1.82) is 0 Å². The highest BCUT2D eigenvalue weighted by Gasteiger charge is 2.33. The Morgan fingerprint density at radius 1 is 1.23 bits per heavy atom. The van der Waals surface area contributed by atoms with E-state index in [4.69, 9.17) is 18.7 Å². The van der Waals surface area contributed by atoms with E-state index in [1.54, 1.807) is 0 Å². The molecule has 0 saturated carbocycles. The van der Waals surface area contributed by atoms with Gasteiger partial charge in [0.15, 0.2) is 11.5 Å². The summed E-state index contributed by atoms with van der Waals surface area (Å²) >= 11 is 0. The van der Waals surface area contributed by atoms with Crippen LogP contribution in [0.2, 0.25) is 0 Å². The number of rotatable bonds is 6. The van der Waals surface area contributed by atoms with Crippen LogP contribution in [0.3, 0.4) is 0 Å². The van der Waals surface area contributed by atoms with Gasteiger partial charge in [-0.15, -0.1) is 10.2 Å². The van der Waals surface area contributed by atoms with Gasteiger partial charge in [0, 0.05) is 5.92 Å². The van der Waals surface area contributed by atoms with Crippen LogP contribution < -0.4 is 9.47 Å². The number of aromatic nitrogens is 2. The van der Waals surface area contributed by atoms with Crippen molar-refractivity contribution in [3.8, 4) is 11.5 Å². The maximum atomic E-state index is 12.6. The molecule has 1 aromatic carbocycles. The normalized spacial score (nSPS) is 14.0. The molecule has 1 aliphatic rings. The third-order valence-corrected chi connectivity index (χ3v) is 4.22. The van der Waals surface area contributed by atoms with Crippen LogP contribution >= 0.6 is 0 Å². The monoisotopic (exact) mass is 359 g/mol. The van der Waals surface area contributed by atoms with Gasteiger partial charge in [-0.3, -0.25) is 4.79 Å². The summed E-state index contributed by atoms with van der Waals surface area (Å²) in [4.78, 5) is 17.3. The molecule has 0 fully saturated rings. The lowest BCUT2D eigenvalue weighted by Crippen LogP contribution is -2.21. The average Bonchev–Trinajstić information content (AvgIpc) is 3.27. The molecule has 1 aliphatic heterocycles. The zero-order valence-corrected chi connectivity index (χ0v) is 15.4. The van der Waals surface area contributed by atoms with Gasteiger partial charge in [0.25, 0.3) is 11.7 Å². The van der Waals surface area contributed by atoms with E-state index in [0.717, 1.165) is 5.56 Å². The fraction of sp³-hybridized carbons (Fsp3) is 0.444. The van der Waals surface area contributed by atoms with Gasteiger partial charge in [-0.2, -0.15) is 0 Å². The molecule has 8 heteroatoms. The summed E-state index contributed by atoms with van der Waals surface area (Å²) in [7, 11) is 1.39. The highest BCUT2D eigenvalue weighted by molar-refractivity contribution is 6.45. The molecule has 3 rings (SSSR count). The minimum Gasteiger partial charge on any atom is -0.454 e. The summed E-state index contributed by atoms with van der Waals surface area (Å²) in [6.07, 6.45) is 0. The van der Waals surface area contributed by atoms with E-state index in [2.05, 4.69) is 15.4 Å². The standard InChI is InChI=1S/C18H21N3O5/c1-10(2)14(21-23-5)15(22)16-19-20-17(26-16)18(3,4)11-6-7-12-13(8-11)25-9-24-12/h6-8,10H,9H2,1-5H3/b21-14-. The van der Waals surface area contributed by atoms with Gasteiger partial charge in [0.1, 0.15) is 12.8 Å². The van der Waals surface area contributed by atoms with Crippen molar-refractivity contribution in [3.05, 3.63) is 35.5 Å². The Morgan fingerprint density at radius 3 is 2.65 bits per heavy atom. The third kappa shape index (κ3) is 3.14. The Morgan fingerprint density at radius 2 is 1.96 bits per heavy atom. The summed E-state index contributed by atoms with van der Waals surface area (Å²) < 4.78 is 16.4. The summed E-state index contributed by atoms with van der Waals surface area (Å²) in [5.74, 6) is 0.990. The van der Waals surface area contributed by atoms with E-state index in [0.29, 0.717) is 17.4 Å². The average molecular weight is 359 g/mol. The van der Waals surface area contributed by atoms with Gasteiger partial charge in [0.2, 0.25) is 12.7 Å². The molecule has 2 aromatic rings. The van der Waals surface area contributed by atoms with Crippen molar-refractivity contribution in [3.63, 3.8) is 0 Å². The van der Waals surface area contributed by atoms with Crippen molar-refractivity contribution in [1.82, 2.24) is 10.2 Å². The lowest BCUT2D eigenvalue weighted by Gasteiger charge is -2.20. The SMILES string of the molecule is CO/N=C(\C(=O)c1nnc(C(C)(C)c2ccc3c(c2)OCO3)o1)C(C)C. The van der Waals surface area contributed by atoms with E-state index in [-0.39, 0.29) is 24.3 Å². The number of nitrogens with zero attached hydrogens (tertiary/aromatic N) is 3. The third-order valence-electron chi connectivity index (χ3n) is 4.22. The second kappa shape index (κ2) is 6.78. The maximum Gasteiger partial charge on any atom is 0.290 e. The largest absolute Gasteiger partial charge is 0.454 e. The number of oxime groups is 1. The topological polar surface area (TPSA) is 96.0 Å². The molecule has 0 spiro atoms. The predicted octanol–water partition coefficient (Wildman–Crippen LogP) is 2.97. The van der Waals surface area contributed by atoms with E-state index >= 15 is 0 Å². The second-order valence-electron chi connectivity index (χ2n) is 6.75. The Kier molecular flexibility index (Phi) is 4.67. The minimum absolute atomic E-state index is 0.113. The van der Waals surface area contributed by atoms with Gasteiger partial charge >= 0.3 is 0 Å². The smallest absolute Gasteiger partial charge is 0.290 e. The molecule has 1 aromatic heterocycles. The number of Topliss-reactive ketones (excluding diaryl/α,β-unsaturated/α-hetero) is 1. The summed E-state index contributed by atoms with van der Waals surface area (Å²) in [6, 6.07) is 5.62. The van der Waals surface area contributed by atoms with E-state index in [1.807, 2.05) is 45.9 Å². The molecule has 0 radical (unpaired) electrons. The van der Waals surface area contributed by atoms with Gasteiger partial charge in [-0.25, -0.2) is 0 Å². The van der Waals surface area contributed by atoms with E-state index in [9.17, 15) is 4.79 Å². The van der Waals surface area contributed by atoms with Crippen LogP contribution in [-0.4, -0.2) is 35.6 Å². The van der Waals surface area contributed by atoms with Crippen molar-refractivity contribution >= 4 is 11.5 Å². The zero-order valence-electron chi connectivity index (χ0n) is 15.4. The van der Waals surface area contributed by atoms with E-state index < -0.39 is 11.2 Å². The Labute approximate surface area is 151 Å². The van der Waals surface area contributed by atoms with Gasteiger partial charge in [0.05, 0.1) is 5.41 Å². The quantitative estimate of drug-likeness (QED) is 0.444. The van der Waals surface area contributed by atoms with Crippen LogP contribution in [0, 0.1) is 5.92 Å². The molecule has 0 amide bonds. The number of fused-ring (bicyclic) bond motifs is 1. The Balaban J connectivity index is 1.91. The van der Waals surface area contributed by atoms with Crippen LogP contribution in [0.1, 0.15) is 49.8 Å². The molecule has 0 unspecified atom stereocenters. The molecule has 0 saturated heterocycles. The first kappa shape index (κ1) is 17.9. The molecule has 0 atom stereocenters. The van der Waals surface area contributed by atoms with Crippen molar-refractivity contribution in [2.75, 3.05) is 13.9 Å². The number of benzene rings is 1. The molecule has 8 nitrogen and oxygen atoms in total. The highest BCUT2D eigenvalue weighted by atomic mass is 16.7. The molecular formula is C18H21N3O5. The molecule has 2 heterocycles. The second-order valence-corrected chi connectivity index (χ2v) is 6.75. The highest BCUT2D eigenvalue weighted by Crippen LogP contribution is 2.38. The number of carbonyl (C=O) groups excluding carboxylic acids is 1. The Bertz CT molecular complexity index is 854. The van der Waals surface area contributed by atoms with Gasteiger partial charge in [-0.05, 0) is 31.5 Å². The lowest BCUT2D eigenvalue weighted by molar-refractivity contribution is 0.101. The molecule has 138 valence electrons. The van der Waals surface area contributed by atoms with Gasteiger partial charge in [-0.1, -0.05) is 25.1 Å². The number of ether oxygens (including phenoxy) is 2. The fourth-order valence-electron chi connectivity index (χ4n) is 2.59. The number of hydrogen-bond acceptors (Lipinski definition) is 8. The number of ketones is 1. The summed E-state index contributed by atoms with van der Waals surface area (Å²) in [5, 5.41) is 11.8. The molecule has 0 aliphatic carbocycles. The maximum absolute atomic E-state index is 12.6. The summed E-state index contributed by atoms with van der Waals surface area (Å²) in [5.41, 5.74) is 0.505. The predicted molar refractivity (Wildman–Crippen MR) is 92.6 cm³/mol. The van der Waals surface area contributed by atoms with Crippen LogP contribution in [0.5, 0.6) is 11.5 Å². The van der Waals surface area contributed by atoms with Crippen LogP contribution in [0.25, 0.3) is 0 Å². The first-order valence-electron chi connectivity index (χ1n) is 8.24. The van der Waals surface area contributed by atoms with Crippen molar-refractivity contribution < 1.29 is 23.5 Å². The van der Waals surface area contributed by atoms with Crippen LogP contribution in [0.4, 0.5) is 0 Å². The van der Waals surface area contributed by atoms with Crippen molar-refractivity contribution in [2.45, 2.75) is 33.1 Å². The van der Waals surface area contributed by atoms with E-state index in [1.165, 1.54) is 7.11 Å². The molecule has 0 N–H and O–H groups in total. The van der Waals surface area contributed by atoms with Crippen molar-refractivity contribution in [2.24, 2.45) is 11.1 Å². The first-order valence-corrected chi connectivity index (χ1v) is 8.24. The lowest BCUT2D eigenvalue weighted by atomic mass is 9.84. The Hall–Kier alpha value is -2.90.